The van der Waals surface area contributed by atoms with E-state index in [9.17, 15) is 4.79 Å². The van der Waals surface area contributed by atoms with Crippen molar-refractivity contribution in [1.82, 2.24) is 14.6 Å². The lowest BCUT2D eigenvalue weighted by molar-refractivity contribution is 0.355. The molecule has 0 aliphatic carbocycles. The molecule has 136 valence electrons. The molecule has 0 amide bonds. The topological polar surface area (TPSA) is 65.7 Å². The van der Waals surface area contributed by atoms with Crippen LogP contribution in [0, 0.1) is 0 Å². The number of aromatic nitrogens is 3. The lowest BCUT2D eigenvalue weighted by Gasteiger charge is -2.07. The molecule has 8 heteroatoms. The van der Waals surface area contributed by atoms with Crippen molar-refractivity contribution in [3.8, 4) is 22.9 Å². The molecule has 4 aromatic rings. The van der Waals surface area contributed by atoms with Gasteiger partial charge in [-0.05, 0) is 48.0 Å². The highest BCUT2D eigenvalue weighted by atomic mass is 35.5. The molecule has 0 atom stereocenters. The number of thiazole rings is 1. The first-order valence-electron chi connectivity index (χ1n) is 7.98. The molecule has 0 aliphatic rings. The molecule has 0 fully saturated rings. The van der Waals surface area contributed by atoms with Gasteiger partial charge in [0.2, 0.25) is 4.96 Å². The molecule has 0 aliphatic heterocycles. The average Bonchev–Trinajstić information content (AvgIpc) is 3.22. The minimum atomic E-state index is -0.211. The van der Waals surface area contributed by atoms with Crippen LogP contribution in [0.15, 0.2) is 47.3 Å². The summed E-state index contributed by atoms with van der Waals surface area (Å²) in [6.45, 7) is 0. The maximum atomic E-state index is 12.7. The van der Waals surface area contributed by atoms with Crippen LogP contribution in [0.4, 0.5) is 0 Å². The van der Waals surface area contributed by atoms with Crippen molar-refractivity contribution < 1.29 is 9.47 Å². The van der Waals surface area contributed by atoms with Crippen LogP contribution >= 0.6 is 22.9 Å². The largest absolute Gasteiger partial charge is 0.493 e. The van der Waals surface area contributed by atoms with Crippen molar-refractivity contribution in [3.05, 3.63) is 67.9 Å². The highest BCUT2D eigenvalue weighted by Gasteiger charge is 2.12. The minimum Gasteiger partial charge on any atom is -0.493 e. The Kier molecular flexibility index (Phi) is 4.55. The third-order valence-corrected chi connectivity index (χ3v) is 5.20. The fourth-order valence-electron chi connectivity index (χ4n) is 2.65. The standard InChI is InChI=1S/C19H14ClN3O3S/c1-25-14-8-3-11(9-15(14)26-2)10-16-18(24)23-19(27-16)21-17(22-23)12-4-6-13(20)7-5-12/h3-10H,1-2H3. The number of rotatable bonds is 4. The number of fused-ring (bicyclic) bond motifs is 1. The fourth-order valence-corrected chi connectivity index (χ4v) is 3.68. The second-order valence-electron chi connectivity index (χ2n) is 5.67. The molecule has 0 bridgehead atoms. The van der Waals surface area contributed by atoms with Crippen LogP contribution in [0.3, 0.4) is 0 Å². The summed E-state index contributed by atoms with van der Waals surface area (Å²) in [4.78, 5) is 17.7. The van der Waals surface area contributed by atoms with Gasteiger partial charge in [-0.25, -0.2) is 0 Å². The quantitative estimate of drug-likeness (QED) is 0.527. The number of nitrogens with zero attached hydrogens (tertiary/aromatic N) is 3. The van der Waals surface area contributed by atoms with Crippen LogP contribution in [0.25, 0.3) is 22.4 Å². The van der Waals surface area contributed by atoms with Crippen LogP contribution in [-0.4, -0.2) is 28.8 Å². The summed E-state index contributed by atoms with van der Waals surface area (Å²) < 4.78 is 12.4. The summed E-state index contributed by atoms with van der Waals surface area (Å²) in [5.41, 5.74) is 1.42. The summed E-state index contributed by atoms with van der Waals surface area (Å²) in [7, 11) is 3.15. The summed E-state index contributed by atoms with van der Waals surface area (Å²) >= 11 is 7.19. The number of hydrogen-bond donors (Lipinski definition) is 0. The summed E-state index contributed by atoms with van der Waals surface area (Å²) in [6.07, 6.45) is 1.79. The van der Waals surface area contributed by atoms with E-state index in [1.165, 1.54) is 15.9 Å². The van der Waals surface area contributed by atoms with Crippen molar-refractivity contribution >= 4 is 34.0 Å². The first kappa shape index (κ1) is 17.5. The Labute approximate surface area is 163 Å². The van der Waals surface area contributed by atoms with E-state index in [-0.39, 0.29) is 5.56 Å². The van der Waals surface area contributed by atoms with Gasteiger partial charge in [0.05, 0.1) is 18.8 Å². The Morgan fingerprint density at radius 3 is 2.48 bits per heavy atom. The van der Waals surface area contributed by atoms with E-state index in [4.69, 9.17) is 21.1 Å². The normalized spacial score (nSPS) is 11.9. The van der Waals surface area contributed by atoms with Crippen molar-refractivity contribution in [1.29, 1.82) is 0 Å². The van der Waals surface area contributed by atoms with Crippen molar-refractivity contribution in [2.75, 3.05) is 14.2 Å². The number of methoxy groups -OCH3 is 2. The molecule has 2 aromatic carbocycles. The zero-order chi connectivity index (χ0) is 19.0. The molecule has 2 heterocycles. The molecule has 0 spiro atoms. The van der Waals surface area contributed by atoms with E-state index in [1.807, 2.05) is 24.3 Å². The molecule has 2 aromatic heterocycles. The second-order valence-corrected chi connectivity index (χ2v) is 7.11. The Bertz CT molecular complexity index is 1230. The SMILES string of the molecule is COc1ccc(C=c2sc3nc(-c4ccc(Cl)cc4)nn3c2=O)cc1OC. The van der Waals surface area contributed by atoms with E-state index in [0.29, 0.717) is 31.8 Å². The van der Waals surface area contributed by atoms with E-state index >= 15 is 0 Å². The molecular formula is C19H14ClN3O3S. The molecule has 0 radical (unpaired) electrons. The number of hydrogen-bond acceptors (Lipinski definition) is 6. The van der Waals surface area contributed by atoms with Gasteiger partial charge in [-0.15, -0.1) is 5.10 Å². The lowest BCUT2D eigenvalue weighted by atomic mass is 10.2. The van der Waals surface area contributed by atoms with Gasteiger partial charge >= 0.3 is 0 Å². The third-order valence-electron chi connectivity index (χ3n) is 3.99. The van der Waals surface area contributed by atoms with Gasteiger partial charge in [0, 0.05) is 10.6 Å². The zero-order valence-corrected chi connectivity index (χ0v) is 16.0. The van der Waals surface area contributed by atoms with Gasteiger partial charge in [0.15, 0.2) is 17.3 Å². The Balaban J connectivity index is 1.76. The third kappa shape index (κ3) is 3.27. The summed E-state index contributed by atoms with van der Waals surface area (Å²) in [5, 5.41) is 4.97. The Hall–Kier alpha value is -2.90. The maximum Gasteiger partial charge on any atom is 0.291 e. The summed E-state index contributed by atoms with van der Waals surface area (Å²) in [5.74, 6) is 1.73. The Morgan fingerprint density at radius 2 is 1.81 bits per heavy atom. The van der Waals surface area contributed by atoms with Gasteiger partial charge in [-0.1, -0.05) is 29.0 Å². The molecule has 0 unspecified atom stereocenters. The van der Waals surface area contributed by atoms with Gasteiger partial charge < -0.3 is 9.47 Å². The van der Waals surface area contributed by atoms with E-state index < -0.39 is 0 Å². The van der Waals surface area contributed by atoms with Crippen molar-refractivity contribution in [2.24, 2.45) is 0 Å². The van der Waals surface area contributed by atoms with Crippen LogP contribution in [0.2, 0.25) is 5.02 Å². The molecular weight excluding hydrogens is 386 g/mol. The predicted molar refractivity (Wildman–Crippen MR) is 106 cm³/mol. The van der Waals surface area contributed by atoms with Crippen LogP contribution in [0.1, 0.15) is 5.56 Å². The van der Waals surface area contributed by atoms with Gasteiger partial charge in [-0.3, -0.25) is 4.79 Å². The molecule has 0 N–H and O–H groups in total. The smallest absolute Gasteiger partial charge is 0.291 e. The number of ether oxygens (including phenoxy) is 2. The van der Waals surface area contributed by atoms with Crippen LogP contribution < -0.4 is 19.6 Å². The van der Waals surface area contributed by atoms with E-state index in [2.05, 4.69) is 10.1 Å². The van der Waals surface area contributed by atoms with Crippen LogP contribution in [-0.2, 0) is 0 Å². The van der Waals surface area contributed by atoms with Crippen LogP contribution in [0.5, 0.6) is 11.5 Å². The highest BCUT2D eigenvalue weighted by Crippen LogP contribution is 2.27. The number of halogens is 1. The monoisotopic (exact) mass is 399 g/mol. The van der Waals surface area contributed by atoms with Gasteiger partial charge in [0.25, 0.3) is 5.56 Å². The molecule has 27 heavy (non-hydrogen) atoms. The van der Waals surface area contributed by atoms with Gasteiger partial charge in [0.1, 0.15) is 0 Å². The minimum absolute atomic E-state index is 0.211. The first-order valence-corrected chi connectivity index (χ1v) is 9.18. The highest BCUT2D eigenvalue weighted by molar-refractivity contribution is 7.15. The molecule has 6 nitrogen and oxygen atoms in total. The molecule has 4 rings (SSSR count). The molecule has 0 saturated carbocycles. The van der Waals surface area contributed by atoms with E-state index in [0.717, 1.165) is 11.1 Å². The van der Waals surface area contributed by atoms with Crippen molar-refractivity contribution in [3.63, 3.8) is 0 Å². The maximum absolute atomic E-state index is 12.7. The lowest BCUT2D eigenvalue weighted by Crippen LogP contribution is -2.23. The zero-order valence-electron chi connectivity index (χ0n) is 14.5. The molecule has 0 saturated heterocycles. The fraction of sp³-hybridized carbons (Fsp3) is 0.105. The summed E-state index contributed by atoms with van der Waals surface area (Å²) in [6, 6.07) is 12.6. The van der Waals surface area contributed by atoms with Crippen molar-refractivity contribution in [2.45, 2.75) is 0 Å². The Morgan fingerprint density at radius 1 is 1.07 bits per heavy atom. The van der Waals surface area contributed by atoms with Gasteiger partial charge in [-0.2, -0.15) is 9.50 Å². The predicted octanol–water partition coefficient (Wildman–Crippen LogP) is 3.04. The number of benzene rings is 2. The second kappa shape index (κ2) is 7.02. The average molecular weight is 400 g/mol. The van der Waals surface area contributed by atoms with E-state index in [1.54, 1.807) is 38.5 Å². The first-order chi connectivity index (χ1) is 13.1.